The standard InChI is InChI=1S/C32H52NO10P/c1-3-4-5-6-7-8-9-10-11-12-13-14-15-16-17-18-19-20-21-22-23-24-31(36)41-25-29(35)26-42-44(39,40)43-27-30(32(37)38)33-28(2)34/h4-5,7-8,10-11,13-14,16-17,29-30,35H,3,6,9,12,15,18-27H2,1-2H3,(H,33,34)(H,37,38)(H,39,40)/b5-4-,8-7-,11-10-,14-13-,17-16-. The number of carbonyl (C=O) groups excluding carboxylic acids is 2. The van der Waals surface area contributed by atoms with E-state index in [9.17, 15) is 28.9 Å². The molecule has 44 heavy (non-hydrogen) atoms. The van der Waals surface area contributed by atoms with E-state index in [0.29, 0.717) is 6.42 Å². The molecule has 0 aromatic rings. The predicted octanol–water partition coefficient (Wildman–Crippen LogP) is 6.10. The van der Waals surface area contributed by atoms with Gasteiger partial charge in [-0.15, -0.1) is 0 Å². The number of rotatable bonds is 27. The molecule has 3 atom stereocenters. The van der Waals surface area contributed by atoms with E-state index >= 15 is 0 Å². The van der Waals surface area contributed by atoms with Gasteiger partial charge in [-0.3, -0.25) is 18.6 Å². The maximum atomic E-state index is 11.9. The first-order valence-electron chi connectivity index (χ1n) is 15.3. The highest BCUT2D eigenvalue weighted by Crippen LogP contribution is 2.43. The van der Waals surface area contributed by atoms with Crippen LogP contribution < -0.4 is 5.32 Å². The van der Waals surface area contributed by atoms with Crippen LogP contribution >= 0.6 is 7.82 Å². The van der Waals surface area contributed by atoms with Crippen LogP contribution in [0, 0.1) is 0 Å². The Morgan fingerprint density at radius 2 is 1.25 bits per heavy atom. The number of carboxylic acid groups (broad SMARTS) is 1. The SMILES string of the molecule is CC/C=C\C/C=C\C/C=C\C/C=C\C/C=C\CCCCCCCC(=O)OCC(O)COP(=O)(O)OCC(NC(C)=O)C(=O)O. The van der Waals surface area contributed by atoms with Gasteiger partial charge in [-0.05, 0) is 51.4 Å². The summed E-state index contributed by atoms with van der Waals surface area (Å²) in [6, 6.07) is -1.55. The van der Waals surface area contributed by atoms with Gasteiger partial charge in [-0.1, -0.05) is 86.9 Å². The highest BCUT2D eigenvalue weighted by molar-refractivity contribution is 7.47. The number of allylic oxidation sites excluding steroid dienone is 10. The summed E-state index contributed by atoms with van der Waals surface area (Å²) < 4.78 is 26.0. The van der Waals surface area contributed by atoms with E-state index in [1.807, 2.05) is 5.32 Å². The Morgan fingerprint density at radius 1 is 0.750 bits per heavy atom. The van der Waals surface area contributed by atoms with Gasteiger partial charge < -0.3 is 25.2 Å². The third kappa shape index (κ3) is 28.0. The number of carbonyl (C=O) groups is 3. The van der Waals surface area contributed by atoms with Crippen molar-refractivity contribution in [2.45, 2.75) is 103 Å². The van der Waals surface area contributed by atoms with E-state index in [0.717, 1.165) is 71.1 Å². The van der Waals surface area contributed by atoms with Crippen LogP contribution in [0.5, 0.6) is 0 Å². The molecule has 0 aliphatic carbocycles. The summed E-state index contributed by atoms with van der Waals surface area (Å²) in [4.78, 5) is 43.5. The highest BCUT2D eigenvalue weighted by Gasteiger charge is 2.28. The van der Waals surface area contributed by atoms with Crippen molar-refractivity contribution in [2.24, 2.45) is 0 Å². The molecule has 0 heterocycles. The minimum Gasteiger partial charge on any atom is -0.480 e. The molecule has 0 saturated heterocycles. The van der Waals surface area contributed by atoms with Gasteiger partial charge in [0.15, 0.2) is 6.04 Å². The normalized spacial score (nSPS) is 15.0. The third-order valence-electron chi connectivity index (χ3n) is 5.86. The Balaban J connectivity index is 3.78. The predicted molar refractivity (Wildman–Crippen MR) is 171 cm³/mol. The number of phosphoric acid groups is 1. The third-order valence-corrected chi connectivity index (χ3v) is 6.81. The number of phosphoric ester groups is 1. The zero-order chi connectivity index (χ0) is 32.9. The zero-order valence-corrected chi connectivity index (χ0v) is 27.1. The fraction of sp³-hybridized carbons (Fsp3) is 0.594. The summed E-state index contributed by atoms with van der Waals surface area (Å²) in [5.74, 6) is -2.62. The molecule has 1 amide bonds. The topological polar surface area (TPSA) is 169 Å². The monoisotopic (exact) mass is 641 g/mol. The molecule has 0 bridgehead atoms. The van der Waals surface area contributed by atoms with Gasteiger partial charge in [0.2, 0.25) is 5.91 Å². The molecule has 0 saturated carbocycles. The van der Waals surface area contributed by atoms with Crippen LogP contribution in [0.1, 0.15) is 90.9 Å². The number of ether oxygens (including phenoxy) is 1. The second-order valence-corrected chi connectivity index (χ2v) is 11.5. The van der Waals surface area contributed by atoms with E-state index in [2.05, 4.69) is 76.7 Å². The van der Waals surface area contributed by atoms with Gasteiger partial charge in [0.05, 0.1) is 13.2 Å². The second-order valence-electron chi connectivity index (χ2n) is 10.0. The molecule has 0 aliphatic heterocycles. The summed E-state index contributed by atoms with van der Waals surface area (Å²) in [5.41, 5.74) is 0. The Labute approximate surface area is 262 Å². The molecule has 12 heteroatoms. The Hall–Kier alpha value is -2.82. The van der Waals surface area contributed by atoms with Crippen molar-refractivity contribution in [3.8, 4) is 0 Å². The summed E-state index contributed by atoms with van der Waals surface area (Å²) in [5, 5.41) is 20.8. The quantitative estimate of drug-likeness (QED) is 0.0356. The van der Waals surface area contributed by atoms with Crippen molar-refractivity contribution in [3.05, 3.63) is 60.8 Å². The maximum Gasteiger partial charge on any atom is 0.472 e. The molecule has 0 aliphatic rings. The number of hydrogen-bond donors (Lipinski definition) is 4. The van der Waals surface area contributed by atoms with Gasteiger partial charge in [0, 0.05) is 13.3 Å². The molecular weight excluding hydrogens is 589 g/mol. The largest absolute Gasteiger partial charge is 0.480 e. The number of nitrogens with one attached hydrogen (secondary N) is 1. The highest BCUT2D eigenvalue weighted by atomic mass is 31.2. The van der Waals surface area contributed by atoms with Crippen molar-refractivity contribution in [1.82, 2.24) is 5.32 Å². The van der Waals surface area contributed by atoms with Gasteiger partial charge in [-0.25, -0.2) is 9.36 Å². The number of aliphatic hydroxyl groups is 1. The smallest absolute Gasteiger partial charge is 0.472 e. The Bertz CT molecular complexity index is 990. The van der Waals surface area contributed by atoms with E-state index in [1.54, 1.807) is 0 Å². The van der Waals surface area contributed by atoms with Crippen molar-refractivity contribution < 1.29 is 47.8 Å². The van der Waals surface area contributed by atoms with E-state index < -0.39 is 57.6 Å². The number of carboxylic acids is 1. The first-order valence-corrected chi connectivity index (χ1v) is 16.8. The van der Waals surface area contributed by atoms with E-state index in [4.69, 9.17) is 9.84 Å². The zero-order valence-electron chi connectivity index (χ0n) is 26.2. The molecule has 4 N–H and O–H groups in total. The van der Waals surface area contributed by atoms with Crippen molar-refractivity contribution in [1.29, 1.82) is 0 Å². The minimum atomic E-state index is -4.71. The summed E-state index contributed by atoms with van der Waals surface area (Å²) in [6.45, 7) is 1.28. The number of aliphatic hydroxyl groups excluding tert-OH is 1. The fourth-order valence-electron chi connectivity index (χ4n) is 3.55. The Kier molecular flexibility index (Phi) is 25.9. The number of unbranched alkanes of at least 4 members (excludes halogenated alkanes) is 5. The van der Waals surface area contributed by atoms with Crippen molar-refractivity contribution >= 4 is 25.7 Å². The van der Waals surface area contributed by atoms with Crippen LogP contribution in [0.2, 0.25) is 0 Å². The van der Waals surface area contributed by atoms with Gasteiger partial charge in [0.25, 0.3) is 0 Å². The van der Waals surface area contributed by atoms with E-state index in [1.165, 1.54) is 0 Å². The lowest BCUT2D eigenvalue weighted by Crippen LogP contribution is -2.42. The van der Waals surface area contributed by atoms with Crippen LogP contribution in [-0.4, -0.2) is 64.9 Å². The van der Waals surface area contributed by atoms with Crippen LogP contribution in [-0.2, 0) is 32.7 Å². The number of hydrogen-bond acceptors (Lipinski definition) is 8. The number of esters is 1. The summed E-state index contributed by atoms with van der Waals surface area (Å²) in [6.07, 6.45) is 31.3. The van der Waals surface area contributed by atoms with Crippen LogP contribution in [0.3, 0.4) is 0 Å². The molecule has 0 radical (unpaired) electrons. The lowest BCUT2D eigenvalue weighted by Gasteiger charge is -2.18. The van der Waals surface area contributed by atoms with Crippen LogP contribution in [0.4, 0.5) is 0 Å². The van der Waals surface area contributed by atoms with Gasteiger partial charge in [-0.2, -0.15) is 0 Å². The van der Waals surface area contributed by atoms with Gasteiger partial charge in [0.1, 0.15) is 12.7 Å². The molecular formula is C32H52NO10P. The first-order chi connectivity index (χ1) is 21.1. The minimum absolute atomic E-state index is 0.198. The van der Waals surface area contributed by atoms with Crippen LogP contribution in [0.25, 0.3) is 0 Å². The lowest BCUT2D eigenvalue weighted by molar-refractivity contribution is -0.147. The summed E-state index contributed by atoms with van der Waals surface area (Å²) in [7, 11) is -4.71. The maximum absolute atomic E-state index is 11.9. The average Bonchev–Trinajstić information content (AvgIpc) is 2.97. The van der Waals surface area contributed by atoms with Crippen LogP contribution in [0.15, 0.2) is 60.8 Å². The lowest BCUT2D eigenvalue weighted by atomic mass is 10.1. The number of amides is 1. The number of aliphatic carboxylic acids is 1. The molecule has 0 rings (SSSR count). The molecule has 0 aromatic heterocycles. The van der Waals surface area contributed by atoms with Crippen molar-refractivity contribution in [2.75, 3.05) is 19.8 Å². The summed E-state index contributed by atoms with van der Waals surface area (Å²) >= 11 is 0. The molecule has 3 unspecified atom stereocenters. The van der Waals surface area contributed by atoms with Crippen molar-refractivity contribution in [3.63, 3.8) is 0 Å². The fourth-order valence-corrected chi connectivity index (χ4v) is 4.32. The average molecular weight is 642 g/mol. The Morgan fingerprint density at radius 3 is 1.80 bits per heavy atom. The van der Waals surface area contributed by atoms with E-state index in [-0.39, 0.29) is 6.42 Å². The molecule has 0 spiro atoms. The first kappa shape index (κ1) is 41.2. The molecule has 11 nitrogen and oxygen atoms in total. The molecule has 250 valence electrons. The molecule has 0 fully saturated rings. The molecule has 0 aromatic carbocycles. The second kappa shape index (κ2) is 27.7. The van der Waals surface area contributed by atoms with Gasteiger partial charge >= 0.3 is 19.8 Å².